The number of phenolic OH excluding ortho intramolecular Hbond substituents is 1. The Balaban J connectivity index is 1.70. The molecule has 3 aromatic rings. The normalized spacial score (nSPS) is 21.6. The topological polar surface area (TPSA) is 66.8 Å². The third kappa shape index (κ3) is 4.15. The number of aliphatic hydroxyl groups excluding tert-OH is 1. The maximum absolute atomic E-state index is 14.7. The summed E-state index contributed by atoms with van der Waals surface area (Å²) >= 11 is 0. The van der Waals surface area contributed by atoms with Gasteiger partial charge in [-0.1, -0.05) is 60.7 Å². The lowest BCUT2D eigenvalue weighted by atomic mass is 9.94. The van der Waals surface area contributed by atoms with Crippen molar-refractivity contribution in [3.05, 3.63) is 83.9 Å². The third-order valence-electron chi connectivity index (χ3n) is 6.36. The first-order valence-electron chi connectivity index (χ1n) is 10.8. The van der Waals surface area contributed by atoms with Crippen molar-refractivity contribution in [1.29, 1.82) is 0 Å². The Morgan fingerprint density at radius 2 is 1.42 bits per heavy atom. The van der Waals surface area contributed by atoms with Crippen molar-refractivity contribution in [3.8, 4) is 11.5 Å². The van der Waals surface area contributed by atoms with Crippen molar-refractivity contribution in [1.82, 2.24) is 0 Å². The summed E-state index contributed by atoms with van der Waals surface area (Å²) in [6.07, 6.45) is 0.643. The summed E-state index contributed by atoms with van der Waals surface area (Å²) in [6, 6.07) is 22.4. The highest BCUT2D eigenvalue weighted by Crippen LogP contribution is 2.54. The van der Waals surface area contributed by atoms with Crippen molar-refractivity contribution in [2.45, 2.75) is 51.0 Å². The molecule has 1 fully saturated rings. The minimum atomic E-state index is -3.12. The summed E-state index contributed by atoms with van der Waals surface area (Å²) in [7, 11) is -3.12. The number of hydrogen-bond acceptors (Lipinski definition) is 4. The minimum absolute atomic E-state index is 0.0618. The van der Waals surface area contributed by atoms with Crippen LogP contribution >= 0.6 is 7.14 Å². The lowest BCUT2D eigenvalue weighted by Crippen LogP contribution is -2.47. The lowest BCUT2D eigenvalue weighted by Gasteiger charge is -2.39. The van der Waals surface area contributed by atoms with Crippen LogP contribution in [0.1, 0.15) is 30.4 Å². The molecule has 0 aromatic heterocycles. The van der Waals surface area contributed by atoms with Gasteiger partial charge in [0.25, 0.3) is 0 Å². The van der Waals surface area contributed by atoms with Crippen LogP contribution in [-0.2, 0) is 4.57 Å². The van der Waals surface area contributed by atoms with Crippen molar-refractivity contribution >= 4 is 17.8 Å². The summed E-state index contributed by atoms with van der Waals surface area (Å²) in [5.41, 5.74) is 1.53. The average Bonchev–Trinajstić information content (AvgIpc) is 2.79. The molecule has 0 spiro atoms. The third-order valence-corrected chi connectivity index (χ3v) is 9.99. The molecular weight excluding hydrogens is 407 g/mol. The SMILES string of the molecule is Cc1cc(O)c(O[C@@H]2CCCC(P(=O)(c3ccccc3)c3ccccc3)[C@H]2O)cc1C. The van der Waals surface area contributed by atoms with E-state index in [2.05, 4.69) is 0 Å². The number of aromatic hydroxyl groups is 1. The fourth-order valence-electron chi connectivity index (χ4n) is 4.51. The van der Waals surface area contributed by atoms with Gasteiger partial charge in [0.05, 0.1) is 0 Å². The standard InChI is InChI=1S/C26H29O4P/c1-18-16-22(27)24(17-19(18)2)30-23-14-9-15-25(26(23)28)31(29,20-10-5-3-6-11-20)21-12-7-4-8-13-21/h3-8,10-13,16-17,23,25-28H,9,14-15H2,1-2H3/t23-,25?,26+/m1/s1. The zero-order valence-electron chi connectivity index (χ0n) is 17.9. The van der Waals surface area contributed by atoms with Crippen molar-refractivity contribution in [2.24, 2.45) is 0 Å². The second-order valence-corrected chi connectivity index (χ2v) is 11.4. The van der Waals surface area contributed by atoms with Gasteiger partial charge in [0.1, 0.15) is 19.3 Å². The van der Waals surface area contributed by atoms with E-state index in [1.165, 1.54) is 0 Å². The van der Waals surface area contributed by atoms with Crippen LogP contribution in [0.4, 0.5) is 0 Å². The highest BCUT2D eigenvalue weighted by Gasteiger charge is 2.46. The van der Waals surface area contributed by atoms with Gasteiger partial charge in [0.2, 0.25) is 0 Å². The Hall–Kier alpha value is -2.55. The highest BCUT2D eigenvalue weighted by molar-refractivity contribution is 7.79. The Kier molecular flexibility index (Phi) is 6.22. The van der Waals surface area contributed by atoms with Gasteiger partial charge in [-0.25, -0.2) is 0 Å². The molecule has 0 bridgehead atoms. The molecule has 4 rings (SSSR count). The molecule has 1 unspecified atom stereocenters. The molecule has 3 atom stereocenters. The van der Waals surface area contributed by atoms with Crippen LogP contribution in [0.2, 0.25) is 0 Å². The maximum Gasteiger partial charge on any atom is 0.161 e. The minimum Gasteiger partial charge on any atom is -0.504 e. The van der Waals surface area contributed by atoms with E-state index >= 15 is 0 Å². The Morgan fingerprint density at radius 3 is 2.00 bits per heavy atom. The van der Waals surface area contributed by atoms with E-state index in [1.54, 1.807) is 12.1 Å². The zero-order chi connectivity index (χ0) is 22.0. The van der Waals surface area contributed by atoms with Crippen molar-refractivity contribution in [3.63, 3.8) is 0 Å². The number of aliphatic hydroxyl groups is 1. The summed E-state index contributed by atoms with van der Waals surface area (Å²) in [6.45, 7) is 3.89. The van der Waals surface area contributed by atoms with Crippen LogP contribution in [0, 0.1) is 13.8 Å². The van der Waals surface area contributed by atoms with Gasteiger partial charge >= 0.3 is 0 Å². The number of ether oxygens (including phenoxy) is 1. The molecule has 1 aliphatic carbocycles. The van der Waals surface area contributed by atoms with Gasteiger partial charge < -0.3 is 19.5 Å². The predicted octanol–water partition coefficient (Wildman–Crippen LogP) is 4.68. The number of benzene rings is 3. The maximum atomic E-state index is 14.7. The molecule has 162 valence electrons. The molecule has 2 N–H and O–H groups in total. The Morgan fingerprint density at radius 1 is 0.871 bits per heavy atom. The molecule has 0 radical (unpaired) electrons. The van der Waals surface area contributed by atoms with Crippen LogP contribution < -0.4 is 15.3 Å². The van der Waals surface area contributed by atoms with Crippen LogP contribution in [0.3, 0.4) is 0 Å². The van der Waals surface area contributed by atoms with E-state index in [4.69, 9.17) is 4.74 Å². The highest BCUT2D eigenvalue weighted by atomic mass is 31.2. The fraction of sp³-hybridized carbons (Fsp3) is 0.308. The van der Waals surface area contributed by atoms with Crippen molar-refractivity contribution in [2.75, 3.05) is 0 Å². The molecule has 5 heteroatoms. The van der Waals surface area contributed by atoms with E-state index in [9.17, 15) is 14.8 Å². The molecule has 4 nitrogen and oxygen atoms in total. The van der Waals surface area contributed by atoms with E-state index in [1.807, 2.05) is 74.5 Å². The molecule has 1 saturated carbocycles. The smallest absolute Gasteiger partial charge is 0.161 e. The fourth-order valence-corrected chi connectivity index (χ4v) is 7.97. The van der Waals surface area contributed by atoms with Crippen LogP contribution in [0.5, 0.6) is 11.5 Å². The molecule has 3 aromatic carbocycles. The molecule has 0 aliphatic heterocycles. The van der Waals surface area contributed by atoms with Crippen molar-refractivity contribution < 1.29 is 19.5 Å². The lowest BCUT2D eigenvalue weighted by molar-refractivity contribution is 0.00828. The average molecular weight is 436 g/mol. The van der Waals surface area contributed by atoms with Crippen LogP contribution in [-0.4, -0.2) is 28.1 Å². The van der Waals surface area contributed by atoms with E-state index in [-0.39, 0.29) is 5.75 Å². The molecule has 1 aliphatic rings. The zero-order valence-corrected chi connectivity index (χ0v) is 18.8. The van der Waals surface area contributed by atoms with E-state index < -0.39 is 25.0 Å². The second-order valence-electron chi connectivity index (χ2n) is 8.38. The van der Waals surface area contributed by atoms with Gasteiger partial charge in [-0.3, -0.25) is 0 Å². The van der Waals surface area contributed by atoms with Gasteiger partial charge in [-0.05, 0) is 56.4 Å². The van der Waals surface area contributed by atoms with E-state index in [0.29, 0.717) is 18.6 Å². The number of hydrogen-bond donors (Lipinski definition) is 2. The first-order chi connectivity index (χ1) is 14.9. The van der Waals surface area contributed by atoms with Gasteiger partial charge in [-0.15, -0.1) is 0 Å². The first kappa shape index (κ1) is 21.7. The molecule has 0 amide bonds. The first-order valence-corrected chi connectivity index (χ1v) is 12.5. The Labute approximate surface area is 183 Å². The summed E-state index contributed by atoms with van der Waals surface area (Å²) in [4.78, 5) is 0. The Bertz CT molecular complexity index is 1040. The molecule has 0 heterocycles. The molecule has 0 saturated heterocycles. The summed E-state index contributed by atoms with van der Waals surface area (Å²) in [5, 5.41) is 23.2. The van der Waals surface area contributed by atoms with Gasteiger partial charge in [0.15, 0.2) is 11.5 Å². The predicted molar refractivity (Wildman–Crippen MR) is 125 cm³/mol. The van der Waals surface area contributed by atoms with Gasteiger partial charge in [0, 0.05) is 16.3 Å². The monoisotopic (exact) mass is 436 g/mol. The quantitative estimate of drug-likeness (QED) is 0.570. The van der Waals surface area contributed by atoms with E-state index in [0.717, 1.165) is 28.2 Å². The van der Waals surface area contributed by atoms with Crippen LogP contribution in [0.15, 0.2) is 72.8 Å². The number of rotatable bonds is 5. The number of phenols is 1. The number of aryl methyl sites for hydroxylation is 2. The summed E-state index contributed by atoms with van der Waals surface area (Å²) in [5.74, 6) is 0.425. The molecule has 31 heavy (non-hydrogen) atoms. The largest absolute Gasteiger partial charge is 0.504 e. The van der Waals surface area contributed by atoms with Crippen LogP contribution in [0.25, 0.3) is 0 Å². The summed E-state index contributed by atoms with van der Waals surface area (Å²) < 4.78 is 20.8. The molecular formula is C26H29O4P. The second kappa shape index (κ2) is 8.90. The van der Waals surface area contributed by atoms with Gasteiger partial charge in [-0.2, -0.15) is 0 Å².